The standard InChI is InChI=1S/C12H16N2O3/c1-8-7-17-9(2)6-14(8)12(16)10-3-4-13-5-11(10)15/h3-5,8-9,15H,6-7H2,1-2H3. The molecule has 17 heavy (non-hydrogen) atoms. The summed E-state index contributed by atoms with van der Waals surface area (Å²) in [6.07, 6.45) is 2.81. The van der Waals surface area contributed by atoms with Gasteiger partial charge in [-0.05, 0) is 19.9 Å². The lowest BCUT2D eigenvalue weighted by Crippen LogP contribution is -2.50. The van der Waals surface area contributed by atoms with Crippen LogP contribution in [-0.2, 0) is 4.74 Å². The van der Waals surface area contributed by atoms with Gasteiger partial charge in [-0.25, -0.2) is 0 Å². The fraction of sp³-hybridized carbons (Fsp3) is 0.500. The van der Waals surface area contributed by atoms with E-state index < -0.39 is 0 Å². The van der Waals surface area contributed by atoms with Gasteiger partial charge in [0, 0.05) is 12.7 Å². The van der Waals surface area contributed by atoms with Gasteiger partial charge >= 0.3 is 0 Å². The van der Waals surface area contributed by atoms with Gasteiger partial charge in [-0.1, -0.05) is 0 Å². The highest BCUT2D eigenvalue weighted by atomic mass is 16.5. The number of morpholine rings is 1. The fourth-order valence-corrected chi connectivity index (χ4v) is 1.91. The number of nitrogens with zero attached hydrogens (tertiary/aromatic N) is 2. The van der Waals surface area contributed by atoms with Crippen molar-refractivity contribution in [1.29, 1.82) is 0 Å². The first-order chi connectivity index (χ1) is 8.09. The summed E-state index contributed by atoms with van der Waals surface area (Å²) in [6, 6.07) is 1.55. The molecule has 2 unspecified atom stereocenters. The smallest absolute Gasteiger partial charge is 0.258 e. The molecule has 1 aromatic heterocycles. The molecule has 0 bridgehead atoms. The lowest BCUT2D eigenvalue weighted by atomic mass is 10.1. The van der Waals surface area contributed by atoms with E-state index in [1.165, 1.54) is 18.5 Å². The van der Waals surface area contributed by atoms with Gasteiger partial charge in [0.15, 0.2) is 0 Å². The van der Waals surface area contributed by atoms with Gasteiger partial charge in [-0.15, -0.1) is 0 Å². The second kappa shape index (κ2) is 4.71. The zero-order valence-electron chi connectivity index (χ0n) is 9.96. The number of hydrogen-bond donors (Lipinski definition) is 1. The van der Waals surface area contributed by atoms with E-state index in [0.717, 1.165) is 0 Å². The van der Waals surface area contributed by atoms with Gasteiger partial charge in [0.05, 0.1) is 30.5 Å². The van der Waals surface area contributed by atoms with Crippen LogP contribution in [0.25, 0.3) is 0 Å². The molecule has 0 aromatic carbocycles. The highest BCUT2D eigenvalue weighted by Crippen LogP contribution is 2.20. The Balaban J connectivity index is 2.22. The molecule has 2 rings (SSSR count). The van der Waals surface area contributed by atoms with Crippen molar-refractivity contribution in [3.8, 4) is 5.75 Å². The van der Waals surface area contributed by atoms with Crippen molar-refractivity contribution in [2.75, 3.05) is 13.2 Å². The Hall–Kier alpha value is -1.62. The summed E-state index contributed by atoms with van der Waals surface area (Å²) in [5.74, 6) is -0.253. The monoisotopic (exact) mass is 236 g/mol. The van der Waals surface area contributed by atoms with Crippen LogP contribution in [0.1, 0.15) is 24.2 Å². The van der Waals surface area contributed by atoms with Crippen LogP contribution in [-0.4, -0.2) is 46.2 Å². The molecule has 1 saturated heterocycles. The molecule has 0 spiro atoms. The molecule has 1 aromatic rings. The van der Waals surface area contributed by atoms with Crippen molar-refractivity contribution < 1.29 is 14.6 Å². The van der Waals surface area contributed by atoms with E-state index in [-0.39, 0.29) is 23.8 Å². The average Bonchev–Trinajstić information content (AvgIpc) is 2.32. The van der Waals surface area contributed by atoms with Crippen molar-refractivity contribution in [3.05, 3.63) is 24.0 Å². The summed E-state index contributed by atoms with van der Waals surface area (Å²) < 4.78 is 5.47. The average molecular weight is 236 g/mol. The molecule has 2 heterocycles. The zero-order chi connectivity index (χ0) is 12.4. The van der Waals surface area contributed by atoms with Crippen LogP contribution in [0.4, 0.5) is 0 Å². The molecule has 1 fully saturated rings. The van der Waals surface area contributed by atoms with Crippen LogP contribution in [0.2, 0.25) is 0 Å². The van der Waals surface area contributed by atoms with Crippen LogP contribution in [0, 0.1) is 0 Å². The number of rotatable bonds is 1. The molecule has 5 nitrogen and oxygen atoms in total. The van der Waals surface area contributed by atoms with Gasteiger partial charge in [0.2, 0.25) is 0 Å². The molecule has 92 valence electrons. The van der Waals surface area contributed by atoms with Gasteiger partial charge in [-0.3, -0.25) is 9.78 Å². The summed E-state index contributed by atoms with van der Waals surface area (Å²) >= 11 is 0. The van der Waals surface area contributed by atoms with Crippen molar-refractivity contribution in [3.63, 3.8) is 0 Å². The second-order valence-electron chi connectivity index (χ2n) is 4.34. The molecule has 1 aliphatic rings. The molecule has 2 atom stereocenters. The first-order valence-electron chi connectivity index (χ1n) is 5.65. The van der Waals surface area contributed by atoms with Gasteiger partial charge < -0.3 is 14.7 Å². The largest absolute Gasteiger partial charge is 0.505 e. The predicted molar refractivity (Wildman–Crippen MR) is 61.8 cm³/mol. The third kappa shape index (κ3) is 2.39. The number of carbonyl (C=O) groups excluding carboxylic acids is 1. The quantitative estimate of drug-likeness (QED) is 0.791. The first-order valence-corrected chi connectivity index (χ1v) is 5.65. The Bertz CT molecular complexity index is 422. The van der Waals surface area contributed by atoms with Crippen LogP contribution >= 0.6 is 0 Å². The summed E-state index contributed by atoms with van der Waals surface area (Å²) in [5.41, 5.74) is 0.293. The Labute approximate surface area is 100 Å². The van der Waals surface area contributed by atoms with Gasteiger partial charge in [0.1, 0.15) is 5.75 Å². The highest BCUT2D eigenvalue weighted by molar-refractivity contribution is 5.96. The first kappa shape index (κ1) is 11.9. The molecule has 0 radical (unpaired) electrons. The number of hydrogen-bond acceptors (Lipinski definition) is 4. The van der Waals surface area contributed by atoms with E-state index in [2.05, 4.69) is 4.98 Å². The van der Waals surface area contributed by atoms with Crippen LogP contribution in [0.15, 0.2) is 18.5 Å². The maximum atomic E-state index is 12.3. The van der Waals surface area contributed by atoms with Crippen molar-refractivity contribution in [2.45, 2.75) is 26.0 Å². The minimum atomic E-state index is -0.174. The SMILES string of the molecule is CC1CN(C(=O)c2ccncc2O)C(C)CO1. The Morgan fingerprint density at radius 2 is 2.35 bits per heavy atom. The second-order valence-corrected chi connectivity index (χ2v) is 4.34. The van der Waals surface area contributed by atoms with Crippen LogP contribution in [0.3, 0.4) is 0 Å². The van der Waals surface area contributed by atoms with Crippen LogP contribution < -0.4 is 0 Å². The number of ether oxygens (including phenoxy) is 1. The molecule has 1 N–H and O–H groups in total. The fourth-order valence-electron chi connectivity index (χ4n) is 1.91. The van der Waals surface area contributed by atoms with E-state index >= 15 is 0 Å². The van der Waals surface area contributed by atoms with Gasteiger partial charge in [0.25, 0.3) is 5.91 Å². The number of aromatic nitrogens is 1. The molecular weight excluding hydrogens is 220 g/mol. The Morgan fingerprint density at radius 1 is 1.59 bits per heavy atom. The van der Waals surface area contributed by atoms with Crippen molar-refractivity contribution in [2.24, 2.45) is 0 Å². The molecule has 0 saturated carbocycles. The predicted octanol–water partition coefficient (Wildman–Crippen LogP) is 1.04. The molecule has 5 heteroatoms. The Kier molecular flexibility index (Phi) is 3.28. The minimum absolute atomic E-state index is 0.0197. The normalized spacial score (nSPS) is 24.7. The number of aromatic hydroxyl groups is 1. The molecular formula is C12H16N2O3. The van der Waals surface area contributed by atoms with E-state index in [9.17, 15) is 9.90 Å². The lowest BCUT2D eigenvalue weighted by Gasteiger charge is -2.36. The molecule has 1 amide bonds. The molecule has 0 aliphatic carbocycles. The topological polar surface area (TPSA) is 62.7 Å². The minimum Gasteiger partial charge on any atom is -0.505 e. The summed E-state index contributed by atoms with van der Waals surface area (Å²) in [6.45, 7) is 4.93. The number of pyridine rings is 1. The van der Waals surface area contributed by atoms with E-state index in [1.807, 2.05) is 13.8 Å². The summed E-state index contributed by atoms with van der Waals surface area (Å²) in [4.78, 5) is 17.7. The van der Waals surface area contributed by atoms with Crippen molar-refractivity contribution in [1.82, 2.24) is 9.88 Å². The van der Waals surface area contributed by atoms with E-state index in [1.54, 1.807) is 4.90 Å². The van der Waals surface area contributed by atoms with E-state index in [0.29, 0.717) is 18.7 Å². The third-order valence-electron chi connectivity index (χ3n) is 2.90. The zero-order valence-corrected chi connectivity index (χ0v) is 9.96. The van der Waals surface area contributed by atoms with E-state index in [4.69, 9.17) is 4.74 Å². The highest BCUT2D eigenvalue weighted by Gasteiger charge is 2.29. The van der Waals surface area contributed by atoms with Crippen LogP contribution in [0.5, 0.6) is 5.75 Å². The molecule has 1 aliphatic heterocycles. The summed E-state index contributed by atoms with van der Waals surface area (Å²) in [5, 5.41) is 9.62. The third-order valence-corrected chi connectivity index (χ3v) is 2.90. The summed E-state index contributed by atoms with van der Waals surface area (Å²) in [7, 11) is 0. The van der Waals surface area contributed by atoms with Crippen molar-refractivity contribution >= 4 is 5.91 Å². The lowest BCUT2D eigenvalue weighted by molar-refractivity contribution is -0.0387. The Morgan fingerprint density at radius 3 is 3.06 bits per heavy atom. The number of carbonyl (C=O) groups is 1. The van der Waals surface area contributed by atoms with Gasteiger partial charge in [-0.2, -0.15) is 0 Å². The number of amides is 1. The maximum Gasteiger partial charge on any atom is 0.258 e. The maximum absolute atomic E-state index is 12.3.